The van der Waals surface area contributed by atoms with Crippen molar-refractivity contribution in [2.24, 2.45) is 0 Å². The van der Waals surface area contributed by atoms with Gasteiger partial charge in [-0.3, -0.25) is 9.97 Å². The Bertz CT molecular complexity index is 519. The van der Waals surface area contributed by atoms with E-state index in [1.807, 2.05) is 19.2 Å². The minimum absolute atomic E-state index is 0.792. The molecule has 0 spiro atoms. The lowest BCUT2D eigenvalue weighted by atomic mass is 10.2. The molecule has 3 rings (SSSR count). The quantitative estimate of drug-likeness (QED) is 0.822. The molecule has 0 saturated heterocycles. The van der Waals surface area contributed by atoms with Crippen LogP contribution >= 0.6 is 0 Å². The molecule has 19 heavy (non-hydrogen) atoms. The van der Waals surface area contributed by atoms with Crippen LogP contribution in [0.1, 0.15) is 35.6 Å². The summed E-state index contributed by atoms with van der Waals surface area (Å²) in [4.78, 5) is 8.27. The van der Waals surface area contributed by atoms with E-state index in [4.69, 9.17) is 4.74 Å². The minimum atomic E-state index is 0.792. The summed E-state index contributed by atoms with van der Waals surface area (Å²) in [6, 6.07) is 6.22. The first kappa shape index (κ1) is 13.5. The van der Waals surface area contributed by atoms with Gasteiger partial charge >= 0.3 is 0 Å². The van der Waals surface area contributed by atoms with E-state index in [0.29, 0.717) is 0 Å². The van der Waals surface area contributed by atoms with Gasteiger partial charge in [0.2, 0.25) is 0 Å². The number of rotatable bonds is 2. The Balaban J connectivity index is 0.000000141. The van der Waals surface area contributed by atoms with Crippen LogP contribution in [-0.4, -0.2) is 17.1 Å². The summed E-state index contributed by atoms with van der Waals surface area (Å²) in [6.45, 7) is 4.05. The second kappa shape index (κ2) is 6.32. The fraction of sp³-hybridized carbons (Fsp3) is 0.375. The maximum absolute atomic E-state index is 4.93. The Kier molecular flexibility index (Phi) is 4.50. The van der Waals surface area contributed by atoms with Crippen LogP contribution in [0.4, 0.5) is 0 Å². The summed E-state index contributed by atoms with van der Waals surface area (Å²) < 4.78 is 4.93. The average Bonchev–Trinajstić information content (AvgIpc) is 3.25. The van der Waals surface area contributed by atoms with Gasteiger partial charge in [-0.05, 0) is 49.9 Å². The molecule has 1 fully saturated rings. The zero-order valence-corrected chi connectivity index (χ0v) is 11.8. The van der Waals surface area contributed by atoms with E-state index < -0.39 is 0 Å². The van der Waals surface area contributed by atoms with Gasteiger partial charge in [0.15, 0.2) is 0 Å². The highest BCUT2D eigenvalue weighted by atomic mass is 16.5. The second-order valence-corrected chi connectivity index (χ2v) is 4.94. The Morgan fingerprint density at radius 3 is 2.32 bits per heavy atom. The van der Waals surface area contributed by atoms with Crippen LogP contribution < -0.4 is 4.74 Å². The van der Waals surface area contributed by atoms with Crippen molar-refractivity contribution < 1.29 is 4.74 Å². The van der Waals surface area contributed by atoms with Crippen LogP contribution in [0, 0.1) is 13.8 Å². The highest BCUT2D eigenvalue weighted by Crippen LogP contribution is 2.38. The van der Waals surface area contributed by atoms with Crippen LogP contribution in [0.25, 0.3) is 0 Å². The Labute approximate surface area is 114 Å². The molecule has 1 saturated carbocycles. The third-order valence-corrected chi connectivity index (χ3v) is 3.02. The number of aromatic nitrogens is 2. The zero-order chi connectivity index (χ0) is 13.7. The zero-order valence-electron chi connectivity index (χ0n) is 11.8. The topological polar surface area (TPSA) is 35.0 Å². The Morgan fingerprint density at radius 1 is 1.05 bits per heavy atom. The van der Waals surface area contributed by atoms with E-state index in [2.05, 4.69) is 29.0 Å². The summed E-state index contributed by atoms with van der Waals surface area (Å²) in [6.07, 6.45) is 8.12. The van der Waals surface area contributed by atoms with Gasteiger partial charge in [0.25, 0.3) is 0 Å². The fourth-order valence-electron chi connectivity index (χ4n) is 1.74. The van der Waals surface area contributed by atoms with Gasteiger partial charge in [0, 0.05) is 24.0 Å². The van der Waals surface area contributed by atoms with Crippen LogP contribution in [0.5, 0.6) is 5.75 Å². The number of hydrogen-bond acceptors (Lipinski definition) is 3. The summed E-state index contributed by atoms with van der Waals surface area (Å²) in [5, 5.41) is 0. The van der Waals surface area contributed by atoms with Gasteiger partial charge in [-0.2, -0.15) is 0 Å². The Morgan fingerprint density at radius 2 is 1.84 bits per heavy atom. The molecule has 2 aromatic rings. The molecule has 1 aliphatic carbocycles. The molecule has 0 aliphatic heterocycles. The van der Waals surface area contributed by atoms with Crippen LogP contribution in [0.2, 0.25) is 0 Å². The normalized spacial score (nSPS) is 13.4. The highest BCUT2D eigenvalue weighted by molar-refractivity contribution is 5.21. The Hall–Kier alpha value is -1.90. The van der Waals surface area contributed by atoms with Gasteiger partial charge in [-0.25, -0.2) is 0 Å². The number of hydrogen-bond donors (Lipinski definition) is 0. The van der Waals surface area contributed by atoms with Gasteiger partial charge in [-0.1, -0.05) is 6.07 Å². The maximum Gasteiger partial charge on any atom is 0.137 e. The molecular formula is C16H20N2O. The second-order valence-electron chi connectivity index (χ2n) is 4.94. The van der Waals surface area contributed by atoms with Crippen molar-refractivity contribution >= 4 is 0 Å². The van der Waals surface area contributed by atoms with Crippen LogP contribution in [-0.2, 0) is 0 Å². The van der Waals surface area contributed by atoms with E-state index in [1.54, 1.807) is 19.5 Å². The standard InChI is InChI=1S/C9H11N.C7H9NO/c1-7-2-5-9(10-6-7)8-3-4-8;1-6-3-7(9-2)5-8-4-6/h2,5-6,8H,3-4H2,1H3;3-5H,1-2H3. The maximum atomic E-state index is 4.93. The van der Waals surface area contributed by atoms with E-state index in [1.165, 1.54) is 24.1 Å². The average molecular weight is 256 g/mol. The van der Waals surface area contributed by atoms with E-state index >= 15 is 0 Å². The summed E-state index contributed by atoms with van der Waals surface area (Å²) in [5.74, 6) is 1.61. The number of pyridine rings is 2. The van der Waals surface area contributed by atoms with E-state index in [0.717, 1.165) is 17.2 Å². The van der Waals surface area contributed by atoms with Crippen molar-refractivity contribution in [1.29, 1.82) is 0 Å². The van der Waals surface area contributed by atoms with Crippen molar-refractivity contribution in [3.8, 4) is 5.75 Å². The molecule has 2 heterocycles. The SMILES string of the molecule is COc1cncc(C)c1.Cc1ccc(C2CC2)nc1. The summed E-state index contributed by atoms with van der Waals surface area (Å²) in [7, 11) is 1.64. The lowest BCUT2D eigenvalue weighted by Crippen LogP contribution is -1.84. The van der Waals surface area contributed by atoms with Crippen molar-refractivity contribution in [2.75, 3.05) is 7.11 Å². The number of methoxy groups -OCH3 is 1. The lowest BCUT2D eigenvalue weighted by molar-refractivity contribution is 0.412. The van der Waals surface area contributed by atoms with Crippen LogP contribution in [0.3, 0.4) is 0 Å². The molecule has 0 atom stereocenters. The van der Waals surface area contributed by atoms with Gasteiger partial charge in [-0.15, -0.1) is 0 Å². The molecule has 100 valence electrons. The number of ether oxygens (including phenoxy) is 1. The third-order valence-electron chi connectivity index (χ3n) is 3.02. The predicted molar refractivity (Wildman–Crippen MR) is 76.5 cm³/mol. The number of aryl methyl sites for hydroxylation is 2. The molecule has 0 bridgehead atoms. The first-order valence-corrected chi connectivity index (χ1v) is 6.57. The van der Waals surface area contributed by atoms with Gasteiger partial charge in [0.1, 0.15) is 5.75 Å². The molecule has 0 N–H and O–H groups in total. The van der Waals surface area contributed by atoms with Crippen LogP contribution in [0.15, 0.2) is 36.8 Å². The summed E-state index contributed by atoms with van der Waals surface area (Å²) in [5.41, 5.74) is 3.66. The molecule has 3 heteroatoms. The molecule has 0 radical (unpaired) electrons. The molecular weight excluding hydrogens is 236 g/mol. The number of nitrogens with zero attached hydrogens (tertiary/aromatic N) is 2. The molecule has 2 aromatic heterocycles. The van der Waals surface area contributed by atoms with Crippen molar-refractivity contribution in [1.82, 2.24) is 9.97 Å². The molecule has 0 aromatic carbocycles. The summed E-state index contributed by atoms with van der Waals surface area (Å²) >= 11 is 0. The largest absolute Gasteiger partial charge is 0.495 e. The monoisotopic (exact) mass is 256 g/mol. The molecule has 0 unspecified atom stereocenters. The smallest absolute Gasteiger partial charge is 0.137 e. The minimum Gasteiger partial charge on any atom is -0.495 e. The first-order valence-electron chi connectivity index (χ1n) is 6.57. The predicted octanol–water partition coefficient (Wildman–Crippen LogP) is 3.67. The van der Waals surface area contributed by atoms with E-state index in [-0.39, 0.29) is 0 Å². The molecule has 3 nitrogen and oxygen atoms in total. The van der Waals surface area contributed by atoms with Crippen molar-refractivity contribution in [3.63, 3.8) is 0 Å². The van der Waals surface area contributed by atoms with E-state index in [9.17, 15) is 0 Å². The van der Waals surface area contributed by atoms with Crippen molar-refractivity contribution in [3.05, 3.63) is 53.6 Å². The van der Waals surface area contributed by atoms with Gasteiger partial charge < -0.3 is 4.74 Å². The first-order chi connectivity index (χ1) is 9.19. The third kappa shape index (κ3) is 4.36. The lowest BCUT2D eigenvalue weighted by Gasteiger charge is -1.97. The van der Waals surface area contributed by atoms with Gasteiger partial charge in [0.05, 0.1) is 13.3 Å². The van der Waals surface area contributed by atoms with Crippen molar-refractivity contribution in [2.45, 2.75) is 32.6 Å². The fourth-order valence-corrected chi connectivity index (χ4v) is 1.74. The molecule has 0 amide bonds. The molecule has 1 aliphatic rings. The highest BCUT2D eigenvalue weighted by Gasteiger charge is 2.24.